The van der Waals surface area contributed by atoms with E-state index < -0.39 is 11.9 Å². The molecular formula is C19H24N2O3. The zero-order valence-corrected chi connectivity index (χ0v) is 13.9. The van der Waals surface area contributed by atoms with Gasteiger partial charge in [-0.05, 0) is 24.3 Å². The number of carbonyl (C=O) groups is 2. The molecule has 3 unspecified atom stereocenters. The van der Waals surface area contributed by atoms with Crippen LogP contribution in [0.1, 0.15) is 25.3 Å². The summed E-state index contributed by atoms with van der Waals surface area (Å²) in [4.78, 5) is 25.4. The molecule has 0 aliphatic carbocycles. The molecule has 24 heavy (non-hydrogen) atoms. The van der Waals surface area contributed by atoms with E-state index in [0.717, 1.165) is 5.56 Å². The average molecular weight is 328 g/mol. The third-order valence-corrected chi connectivity index (χ3v) is 4.31. The van der Waals surface area contributed by atoms with Crippen molar-refractivity contribution < 1.29 is 14.7 Å². The largest absolute Gasteiger partial charge is 0.481 e. The fourth-order valence-corrected chi connectivity index (χ4v) is 3.18. The standard InChI is InChI=1S/C19H24N2O3/c1-3-7-17(11-15-8-5-4-6-9-15)20-19(24)21-12-14(2)10-16(13-21)18(22)23/h1,4-6,8-9,14,16-17H,7,10-13H2,2H3,(H,20,24)(H,22,23). The number of hydrogen-bond donors (Lipinski definition) is 2. The van der Waals surface area contributed by atoms with Gasteiger partial charge in [-0.2, -0.15) is 0 Å². The van der Waals surface area contributed by atoms with E-state index in [4.69, 9.17) is 6.42 Å². The number of nitrogens with one attached hydrogen (secondary N) is 1. The van der Waals surface area contributed by atoms with Gasteiger partial charge in [0.25, 0.3) is 0 Å². The Bertz CT molecular complexity index is 609. The lowest BCUT2D eigenvalue weighted by atomic mass is 9.91. The Morgan fingerprint density at radius 3 is 2.71 bits per heavy atom. The highest BCUT2D eigenvalue weighted by molar-refractivity contribution is 5.77. The topological polar surface area (TPSA) is 69.6 Å². The van der Waals surface area contributed by atoms with Gasteiger partial charge < -0.3 is 15.3 Å². The van der Waals surface area contributed by atoms with Crippen molar-refractivity contribution in [2.75, 3.05) is 13.1 Å². The van der Waals surface area contributed by atoms with Gasteiger partial charge >= 0.3 is 12.0 Å². The van der Waals surface area contributed by atoms with Crippen LogP contribution in [0.25, 0.3) is 0 Å². The van der Waals surface area contributed by atoms with Crippen LogP contribution in [0, 0.1) is 24.2 Å². The molecule has 128 valence electrons. The summed E-state index contributed by atoms with van der Waals surface area (Å²) in [7, 11) is 0. The second kappa shape index (κ2) is 8.39. The molecule has 1 aliphatic rings. The molecule has 0 saturated carbocycles. The summed E-state index contributed by atoms with van der Waals surface area (Å²) >= 11 is 0. The van der Waals surface area contributed by atoms with Gasteiger partial charge in [0.05, 0.1) is 5.92 Å². The zero-order chi connectivity index (χ0) is 17.5. The smallest absolute Gasteiger partial charge is 0.317 e. The lowest BCUT2D eigenvalue weighted by Gasteiger charge is -2.35. The van der Waals surface area contributed by atoms with E-state index in [1.807, 2.05) is 37.3 Å². The third kappa shape index (κ3) is 5.02. The van der Waals surface area contributed by atoms with E-state index in [9.17, 15) is 14.7 Å². The lowest BCUT2D eigenvalue weighted by Crippen LogP contribution is -2.52. The average Bonchev–Trinajstić information content (AvgIpc) is 2.55. The molecule has 2 amide bonds. The SMILES string of the molecule is C#CCC(Cc1ccccc1)NC(=O)N1CC(C)CC(C(=O)O)C1. The van der Waals surface area contributed by atoms with Crippen LogP contribution in [-0.4, -0.2) is 41.1 Å². The Morgan fingerprint density at radius 1 is 1.38 bits per heavy atom. The summed E-state index contributed by atoms with van der Waals surface area (Å²) in [6.45, 7) is 2.79. The number of terminal acetylenes is 1. The Balaban J connectivity index is 1.99. The van der Waals surface area contributed by atoms with Crippen LogP contribution in [0.15, 0.2) is 30.3 Å². The number of rotatable bonds is 5. The number of amides is 2. The van der Waals surface area contributed by atoms with Gasteiger partial charge in [-0.15, -0.1) is 12.3 Å². The predicted molar refractivity (Wildman–Crippen MR) is 92.4 cm³/mol. The summed E-state index contributed by atoms with van der Waals surface area (Å²) in [6, 6.07) is 9.45. The summed E-state index contributed by atoms with van der Waals surface area (Å²) in [6.07, 6.45) is 7.13. The molecular weight excluding hydrogens is 304 g/mol. The van der Waals surface area contributed by atoms with Gasteiger partial charge in [-0.25, -0.2) is 4.79 Å². The van der Waals surface area contributed by atoms with E-state index in [1.54, 1.807) is 4.90 Å². The monoisotopic (exact) mass is 328 g/mol. The molecule has 2 N–H and O–H groups in total. The number of piperidine rings is 1. The highest BCUT2D eigenvalue weighted by atomic mass is 16.4. The molecule has 3 atom stereocenters. The third-order valence-electron chi connectivity index (χ3n) is 4.31. The Labute approximate surface area is 143 Å². The van der Waals surface area contributed by atoms with Crippen molar-refractivity contribution in [2.24, 2.45) is 11.8 Å². The number of benzene rings is 1. The maximum atomic E-state index is 12.5. The second-order valence-electron chi connectivity index (χ2n) is 6.53. The van der Waals surface area contributed by atoms with Gasteiger partial charge in [0, 0.05) is 25.6 Å². The highest BCUT2D eigenvalue weighted by Gasteiger charge is 2.32. The normalized spacial score (nSPS) is 21.6. The molecule has 0 aromatic heterocycles. The molecule has 1 aromatic rings. The summed E-state index contributed by atoms with van der Waals surface area (Å²) in [5, 5.41) is 12.2. The first-order chi connectivity index (χ1) is 11.5. The second-order valence-corrected chi connectivity index (χ2v) is 6.53. The number of nitrogens with zero attached hydrogens (tertiary/aromatic N) is 1. The molecule has 0 spiro atoms. The van der Waals surface area contributed by atoms with E-state index in [1.165, 1.54) is 0 Å². The zero-order valence-electron chi connectivity index (χ0n) is 13.9. The number of urea groups is 1. The van der Waals surface area contributed by atoms with Crippen molar-refractivity contribution in [1.82, 2.24) is 10.2 Å². The highest BCUT2D eigenvalue weighted by Crippen LogP contribution is 2.22. The first-order valence-electron chi connectivity index (χ1n) is 8.25. The Kier molecular flexibility index (Phi) is 6.25. The molecule has 0 radical (unpaired) electrons. The van der Waals surface area contributed by atoms with Crippen LogP contribution in [0.5, 0.6) is 0 Å². The Hall–Kier alpha value is -2.48. The summed E-state index contributed by atoms with van der Waals surface area (Å²) in [5.74, 6) is 1.43. The van der Waals surface area contributed by atoms with Gasteiger partial charge in [0.2, 0.25) is 0 Å². The molecule has 2 rings (SSSR count). The van der Waals surface area contributed by atoms with Crippen molar-refractivity contribution in [3.8, 4) is 12.3 Å². The number of likely N-dealkylation sites (tertiary alicyclic amines) is 1. The first-order valence-corrected chi connectivity index (χ1v) is 8.25. The lowest BCUT2D eigenvalue weighted by molar-refractivity contribution is -0.143. The van der Waals surface area contributed by atoms with Crippen molar-refractivity contribution in [1.29, 1.82) is 0 Å². The molecule has 1 aromatic carbocycles. The van der Waals surface area contributed by atoms with Crippen molar-refractivity contribution in [2.45, 2.75) is 32.2 Å². The predicted octanol–water partition coefficient (Wildman–Crippen LogP) is 2.37. The Morgan fingerprint density at radius 2 is 2.08 bits per heavy atom. The fraction of sp³-hybridized carbons (Fsp3) is 0.474. The first kappa shape index (κ1) is 17.9. The van der Waals surface area contributed by atoms with E-state index in [0.29, 0.717) is 25.8 Å². The van der Waals surface area contributed by atoms with Gasteiger partial charge in [-0.1, -0.05) is 37.3 Å². The van der Waals surface area contributed by atoms with E-state index >= 15 is 0 Å². The van der Waals surface area contributed by atoms with Crippen LogP contribution in [-0.2, 0) is 11.2 Å². The van der Waals surface area contributed by atoms with Gasteiger partial charge in [-0.3, -0.25) is 4.79 Å². The van der Waals surface area contributed by atoms with Gasteiger partial charge in [0.15, 0.2) is 0 Å². The van der Waals surface area contributed by atoms with Crippen LogP contribution in [0.3, 0.4) is 0 Å². The molecule has 1 saturated heterocycles. The molecule has 1 heterocycles. The number of carboxylic acid groups (broad SMARTS) is 1. The molecule has 5 nitrogen and oxygen atoms in total. The molecule has 0 bridgehead atoms. The van der Waals surface area contributed by atoms with Crippen LogP contribution in [0.4, 0.5) is 4.79 Å². The van der Waals surface area contributed by atoms with Crippen molar-refractivity contribution in [3.63, 3.8) is 0 Å². The number of carboxylic acids is 1. The fourth-order valence-electron chi connectivity index (χ4n) is 3.18. The molecule has 1 fully saturated rings. The number of hydrogen-bond acceptors (Lipinski definition) is 2. The number of aliphatic carboxylic acids is 1. The maximum Gasteiger partial charge on any atom is 0.317 e. The molecule has 5 heteroatoms. The number of carbonyl (C=O) groups excluding carboxylic acids is 1. The quantitative estimate of drug-likeness (QED) is 0.815. The molecule has 1 aliphatic heterocycles. The van der Waals surface area contributed by atoms with Crippen LogP contribution < -0.4 is 5.32 Å². The summed E-state index contributed by atoms with van der Waals surface area (Å²) < 4.78 is 0. The summed E-state index contributed by atoms with van der Waals surface area (Å²) in [5.41, 5.74) is 1.11. The van der Waals surface area contributed by atoms with E-state index in [-0.39, 0.29) is 24.5 Å². The van der Waals surface area contributed by atoms with E-state index in [2.05, 4.69) is 11.2 Å². The minimum Gasteiger partial charge on any atom is -0.481 e. The van der Waals surface area contributed by atoms with Crippen LogP contribution in [0.2, 0.25) is 0 Å². The maximum absolute atomic E-state index is 12.5. The minimum atomic E-state index is -0.844. The van der Waals surface area contributed by atoms with Crippen molar-refractivity contribution >= 4 is 12.0 Å². The van der Waals surface area contributed by atoms with Gasteiger partial charge in [0.1, 0.15) is 0 Å². The van der Waals surface area contributed by atoms with Crippen molar-refractivity contribution in [3.05, 3.63) is 35.9 Å². The van der Waals surface area contributed by atoms with Crippen LogP contribution >= 0.6 is 0 Å². The minimum absolute atomic E-state index is 0.162.